The molecule has 2 aromatic rings. The highest BCUT2D eigenvalue weighted by Gasteiger charge is 2.20. The molecular weight excluding hydrogens is 258 g/mol. The Bertz CT molecular complexity index is 628. The lowest BCUT2D eigenvalue weighted by Gasteiger charge is -2.25. The second-order valence-electron chi connectivity index (χ2n) is 5.68. The number of benzene rings is 1. The molecule has 0 saturated carbocycles. The molecule has 0 spiro atoms. The summed E-state index contributed by atoms with van der Waals surface area (Å²) in [4.78, 5) is 9.02. The van der Waals surface area contributed by atoms with Crippen LogP contribution in [0.1, 0.15) is 50.6 Å². The molecule has 1 aromatic carbocycles. The summed E-state index contributed by atoms with van der Waals surface area (Å²) in [5.41, 5.74) is 4.80. The van der Waals surface area contributed by atoms with Crippen LogP contribution in [0.3, 0.4) is 0 Å². The van der Waals surface area contributed by atoms with Crippen LogP contribution in [0.15, 0.2) is 42.2 Å². The van der Waals surface area contributed by atoms with Gasteiger partial charge in [0, 0.05) is 18.0 Å². The zero-order valence-corrected chi connectivity index (χ0v) is 12.7. The van der Waals surface area contributed by atoms with Crippen molar-refractivity contribution in [1.29, 1.82) is 0 Å². The molecule has 21 heavy (non-hydrogen) atoms. The Morgan fingerprint density at radius 1 is 1.19 bits per heavy atom. The van der Waals surface area contributed by atoms with Gasteiger partial charge >= 0.3 is 0 Å². The van der Waals surface area contributed by atoms with Crippen LogP contribution in [0.25, 0.3) is 11.0 Å². The number of allylic oxidation sites excluding steroid dienone is 1. The normalized spacial score (nSPS) is 16.7. The average Bonchev–Trinajstić information content (AvgIpc) is 2.56. The average molecular weight is 281 g/mol. The Labute approximate surface area is 126 Å². The fraction of sp³-hybridized carbons (Fsp3) is 0.444. The number of nitrogens with zero attached hydrogens (tertiary/aromatic N) is 2. The van der Waals surface area contributed by atoms with Crippen molar-refractivity contribution >= 4 is 11.0 Å². The van der Waals surface area contributed by atoms with Crippen LogP contribution in [-0.2, 0) is 0 Å². The first-order valence-electron chi connectivity index (χ1n) is 8.02. The van der Waals surface area contributed by atoms with E-state index < -0.39 is 0 Å². The smallest absolute Gasteiger partial charge is 0.0937 e. The third-order valence-corrected chi connectivity index (χ3v) is 4.14. The summed E-state index contributed by atoms with van der Waals surface area (Å²) in [5, 5.41) is 3.71. The minimum absolute atomic E-state index is 0.283. The number of aromatic nitrogens is 2. The number of hydrogen-bond donors (Lipinski definition) is 1. The molecule has 1 unspecified atom stereocenters. The van der Waals surface area contributed by atoms with Gasteiger partial charge in [-0.1, -0.05) is 30.7 Å². The molecule has 0 bridgehead atoms. The van der Waals surface area contributed by atoms with Crippen LogP contribution in [0.5, 0.6) is 0 Å². The van der Waals surface area contributed by atoms with E-state index in [1.54, 1.807) is 12.4 Å². The van der Waals surface area contributed by atoms with Gasteiger partial charge in [0.1, 0.15) is 0 Å². The van der Waals surface area contributed by atoms with Crippen molar-refractivity contribution in [3.63, 3.8) is 0 Å². The Morgan fingerprint density at radius 2 is 2.10 bits per heavy atom. The highest BCUT2D eigenvalue weighted by atomic mass is 14.9. The van der Waals surface area contributed by atoms with Crippen LogP contribution in [0, 0.1) is 0 Å². The lowest BCUT2D eigenvalue weighted by molar-refractivity contribution is 0.548. The van der Waals surface area contributed by atoms with Crippen molar-refractivity contribution in [2.75, 3.05) is 6.54 Å². The molecule has 1 aliphatic carbocycles. The molecule has 3 heteroatoms. The number of rotatable bonds is 5. The molecule has 0 aliphatic heterocycles. The van der Waals surface area contributed by atoms with Crippen molar-refractivity contribution in [3.05, 3.63) is 47.8 Å². The van der Waals surface area contributed by atoms with Gasteiger partial charge in [-0.05, 0) is 44.7 Å². The summed E-state index contributed by atoms with van der Waals surface area (Å²) in [7, 11) is 0. The van der Waals surface area contributed by atoms with Gasteiger partial charge in [0.05, 0.1) is 17.1 Å². The monoisotopic (exact) mass is 281 g/mol. The van der Waals surface area contributed by atoms with Gasteiger partial charge in [0.2, 0.25) is 0 Å². The van der Waals surface area contributed by atoms with Gasteiger partial charge in [0.15, 0.2) is 0 Å². The summed E-state index contributed by atoms with van der Waals surface area (Å²) in [6, 6.07) is 6.61. The van der Waals surface area contributed by atoms with Crippen molar-refractivity contribution in [2.45, 2.75) is 45.1 Å². The number of fused-ring (bicyclic) bond motifs is 1. The molecule has 110 valence electrons. The van der Waals surface area contributed by atoms with Crippen molar-refractivity contribution in [1.82, 2.24) is 15.3 Å². The first kappa shape index (κ1) is 14.2. The predicted octanol–water partition coefficient (Wildman–Crippen LogP) is 4.17. The number of hydrogen-bond acceptors (Lipinski definition) is 3. The van der Waals surface area contributed by atoms with Gasteiger partial charge in [0.25, 0.3) is 0 Å². The molecule has 3 rings (SSSR count). The lowest BCUT2D eigenvalue weighted by atomic mass is 9.89. The van der Waals surface area contributed by atoms with Crippen LogP contribution in [-0.4, -0.2) is 16.5 Å². The van der Waals surface area contributed by atoms with E-state index >= 15 is 0 Å². The van der Waals surface area contributed by atoms with Crippen LogP contribution in [0.2, 0.25) is 0 Å². The second-order valence-corrected chi connectivity index (χ2v) is 5.68. The zero-order valence-electron chi connectivity index (χ0n) is 12.7. The molecule has 0 fully saturated rings. The molecule has 1 N–H and O–H groups in total. The highest BCUT2D eigenvalue weighted by Crippen LogP contribution is 2.32. The topological polar surface area (TPSA) is 37.8 Å². The van der Waals surface area contributed by atoms with Gasteiger partial charge in [-0.25, -0.2) is 0 Å². The summed E-state index contributed by atoms with van der Waals surface area (Å²) in [6.45, 7) is 3.24. The minimum Gasteiger partial charge on any atom is -0.306 e. The number of para-hydroxylation sites is 1. The van der Waals surface area contributed by atoms with Gasteiger partial charge in [-0.3, -0.25) is 9.97 Å². The maximum absolute atomic E-state index is 4.58. The largest absolute Gasteiger partial charge is 0.306 e. The summed E-state index contributed by atoms with van der Waals surface area (Å²) >= 11 is 0. The molecule has 1 atom stereocenters. The maximum atomic E-state index is 4.58. The third-order valence-electron chi connectivity index (χ3n) is 4.14. The SMILES string of the molecule is CCCNC(C1=CCCCC1)c1cccc2nccnc12. The van der Waals surface area contributed by atoms with Crippen molar-refractivity contribution in [2.24, 2.45) is 0 Å². The summed E-state index contributed by atoms with van der Waals surface area (Å²) in [5.74, 6) is 0. The molecule has 1 heterocycles. The Kier molecular flexibility index (Phi) is 4.61. The molecule has 0 amide bonds. The lowest BCUT2D eigenvalue weighted by Crippen LogP contribution is -2.25. The molecular formula is C18H23N3. The van der Waals surface area contributed by atoms with E-state index in [0.717, 1.165) is 24.0 Å². The fourth-order valence-electron chi connectivity index (χ4n) is 3.10. The highest BCUT2D eigenvalue weighted by molar-refractivity contribution is 5.78. The molecule has 0 saturated heterocycles. The maximum Gasteiger partial charge on any atom is 0.0937 e. The Morgan fingerprint density at radius 3 is 2.90 bits per heavy atom. The van der Waals surface area contributed by atoms with Gasteiger partial charge in [-0.15, -0.1) is 0 Å². The van der Waals surface area contributed by atoms with E-state index in [1.165, 1.54) is 36.8 Å². The first-order valence-corrected chi connectivity index (χ1v) is 8.02. The molecule has 1 aromatic heterocycles. The molecule has 1 aliphatic rings. The van der Waals surface area contributed by atoms with Crippen LogP contribution < -0.4 is 5.32 Å². The van der Waals surface area contributed by atoms with E-state index in [4.69, 9.17) is 0 Å². The van der Waals surface area contributed by atoms with E-state index in [2.05, 4.69) is 40.4 Å². The second kappa shape index (κ2) is 6.81. The third kappa shape index (κ3) is 3.13. The quantitative estimate of drug-likeness (QED) is 0.836. The number of nitrogens with one attached hydrogen (secondary N) is 1. The minimum atomic E-state index is 0.283. The zero-order chi connectivity index (χ0) is 14.5. The summed E-state index contributed by atoms with van der Waals surface area (Å²) < 4.78 is 0. The fourth-order valence-corrected chi connectivity index (χ4v) is 3.10. The Hall–Kier alpha value is -1.74. The predicted molar refractivity (Wildman–Crippen MR) is 87.1 cm³/mol. The molecule has 0 radical (unpaired) electrons. The van der Waals surface area contributed by atoms with Gasteiger partial charge < -0.3 is 5.32 Å². The van der Waals surface area contributed by atoms with Crippen LogP contribution >= 0.6 is 0 Å². The van der Waals surface area contributed by atoms with Crippen molar-refractivity contribution in [3.8, 4) is 0 Å². The van der Waals surface area contributed by atoms with E-state index in [1.807, 2.05) is 6.07 Å². The summed E-state index contributed by atoms with van der Waals surface area (Å²) in [6.07, 6.45) is 12.1. The van der Waals surface area contributed by atoms with E-state index in [0.29, 0.717) is 0 Å². The first-order chi connectivity index (χ1) is 10.4. The van der Waals surface area contributed by atoms with E-state index in [-0.39, 0.29) is 6.04 Å². The standard InChI is InChI=1S/C18H23N3/c1-2-11-20-17(14-7-4-3-5-8-14)15-9-6-10-16-18(15)21-13-12-19-16/h6-7,9-10,12-13,17,20H,2-5,8,11H2,1H3. The Balaban J connectivity index is 2.03. The van der Waals surface area contributed by atoms with Crippen molar-refractivity contribution < 1.29 is 0 Å². The van der Waals surface area contributed by atoms with Gasteiger partial charge in [-0.2, -0.15) is 0 Å². The van der Waals surface area contributed by atoms with E-state index in [9.17, 15) is 0 Å². The van der Waals surface area contributed by atoms with Crippen LogP contribution in [0.4, 0.5) is 0 Å². The molecule has 3 nitrogen and oxygen atoms in total.